The van der Waals surface area contributed by atoms with Crippen LogP contribution in [0.25, 0.3) is 39.5 Å². The quantitative estimate of drug-likeness (QED) is 0.160. The Bertz CT molecular complexity index is 2230. The summed E-state index contributed by atoms with van der Waals surface area (Å²) in [6.07, 6.45) is 5.74. The van der Waals surface area contributed by atoms with E-state index in [1.54, 1.807) is 0 Å². The van der Waals surface area contributed by atoms with E-state index >= 15 is 0 Å². The summed E-state index contributed by atoms with van der Waals surface area (Å²) < 4.78 is 0. The fourth-order valence-corrected chi connectivity index (χ4v) is 8.92. The van der Waals surface area contributed by atoms with E-state index < -0.39 is 0 Å². The van der Waals surface area contributed by atoms with E-state index in [2.05, 4.69) is 189 Å². The molecular formula is C49H40Cl2SiZr. The SMILES string of the molecule is CCCC1=Cc2c(-c3ccc(-c4ccccc4)cc3)cccc2C1c1[c-]ccc2c1Cc1ccccc1-2.[Cl-].[Cl-].[Zr+3].c1ccc([SiH]c2ccccc2)cc1. The minimum absolute atomic E-state index is 0. The summed E-state index contributed by atoms with van der Waals surface area (Å²) in [4.78, 5) is 0. The van der Waals surface area contributed by atoms with Gasteiger partial charge in [0.05, 0.1) is 0 Å². The molecule has 2 aliphatic carbocycles. The summed E-state index contributed by atoms with van der Waals surface area (Å²) in [7, 11) is 0.271. The zero-order valence-corrected chi connectivity index (χ0v) is 34.9. The molecule has 0 spiro atoms. The van der Waals surface area contributed by atoms with Crippen LogP contribution in [0.2, 0.25) is 0 Å². The molecule has 0 fully saturated rings. The molecule has 53 heavy (non-hydrogen) atoms. The van der Waals surface area contributed by atoms with Gasteiger partial charge in [-0.1, -0.05) is 193 Å². The van der Waals surface area contributed by atoms with E-state index in [4.69, 9.17) is 0 Å². The molecule has 9 rings (SSSR count). The first-order valence-electron chi connectivity index (χ1n) is 17.8. The first kappa shape index (κ1) is 40.2. The fourth-order valence-electron chi connectivity index (χ4n) is 7.70. The number of hydrogen-bond donors (Lipinski definition) is 0. The maximum atomic E-state index is 3.72. The average Bonchev–Trinajstić information content (AvgIpc) is 3.75. The van der Waals surface area contributed by atoms with Crippen LogP contribution in [0.3, 0.4) is 0 Å². The second-order valence-electron chi connectivity index (χ2n) is 13.2. The van der Waals surface area contributed by atoms with Crippen LogP contribution in [0, 0.1) is 6.07 Å². The van der Waals surface area contributed by atoms with E-state index in [9.17, 15) is 0 Å². The van der Waals surface area contributed by atoms with Crippen LogP contribution in [-0.4, -0.2) is 9.52 Å². The normalized spacial score (nSPS) is 13.0. The van der Waals surface area contributed by atoms with Crippen molar-refractivity contribution < 1.29 is 51.0 Å². The minimum atomic E-state index is 0. The van der Waals surface area contributed by atoms with Crippen molar-refractivity contribution in [2.24, 2.45) is 0 Å². The van der Waals surface area contributed by atoms with E-state index in [1.807, 2.05) is 0 Å². The zero-order chi connectivity index (χ0) is 33.7. The second-order valence-corrected chi connectivity index (χ2v) is 14.9. The predicted octanol–water partition coefficient (Wildman–Crippen LogP) is 4.80. The van der Waals surface area contributed by atoms with Crippen molar-refractivity contribution in [2.45, 2.75) is 32.1 Å². The fraction of sp³-hybridized carbons (Fsp3) is 0.102. The third-order valence-corrected chi connectivity index (χ3v) is 11.5. The smallest absolute Gasteiger partial charge is 1.00 e. The van der Waals surface area contributed by atoms with Crippen molar-refractivity contribution >= 4 is 26.0 Å². The summed E-state index contributed by atoms with van der Waals surface area (Å²) in [5, 5.41) is 2.90. The summed E-state index contributed by atoms with van der Waals surface area (Å²) in [5.74, 6) is 0.280. The molecule has 258 valence electrons. The van der Waals surface area contributed by atoms with Crippen molar-refractivity contribution in [3.63, 3.8) is 0 Å². The summed E-state index contributed by atoms with van der Waals surface area (Å²) >= 11 is 0. The Balaban J connectivity index is 0.000000289. The van der Waals surface area contributed by atoms with E-state index in [0.717, 1.165) is 19.3 Å². The zero-order valence-electron chi connectivity index (χ0n) is 29.8. The van der Waals surface area contributed by atoms with Gasteiger partial charge in [-0.2, -0.15) is 18.2 Å². The molecular weight excluding hydrogens is 779 g/mol. The van der Waals surface area contributed by atoms with Gasteiger partial charge in [-0.15, -0.1) is 16.7 Å². The van der Waals surface area contributed by atoms with Gasteiger partial charge in [-0.3, -0.25) is 0 Å². The van der Waals surface area contributed by atoms with Crippen molar-refractivity contribution in [3.8, 4) is 33.4 Å². The first-order chi connectivity index (χ1) is 24.8. The number of fused-ring (bicyclic) bond motifs is 4. The molecule has 0 aliphatic heterocycles. The topological polar surface area (TPSA) is 0 Å². The Kier molecular flexibility index (Phi) is 14.3. The molecule has 0 aromatic heterocycles. The summed E-state index contributed by atoms with van der Waals surface area (Å²) in [6.45, 7) is 2.29. The summed E-state index contributed by atoms with van der Waals surface area (Å²) in [5.41, 5.74) is 16.5. The monoisotopic (exact) mass is 816 g/mol. The number of halogens is 2. The van der Waals surface area contributed by atoms with Gasteiger partial charge in [0.25, 0.3) is 0 Å². The number of allylic oxidation sites excluding steroid dienone is 1. The summed E-state index contributed by atoms with van der Waals surface area (Å²) in [6, 6.07) is 64.9. The van der Waals surface area contributed by atoms with Crippen molar-refractivity contribution in [2.75, 3.05) is 0 Å². The molecule has 0 N–H and O–H groups in total. The Labute approximate surface area is 349 Å². The average molecular weight is 819 g/mol. The second kappa shape index (κ2) is 18.8. The van der Waals surface area contributed by atoms with Crippen LogP contribution in [0.4, 0.5) is 0 Å². The van der Waals surface area contributed by atoms with Gasteiger partial charge >= 0.3 is 26.2 Å². The first-order valence-corrected chi connectivity index (χ1v) is 19.0. The minimum Gasteiger partial charge on any atom is -1.00 e. The van der Waals surface area contributed by atoms with Crippen molar-refractivity contribution in [1.82, 2.24) is 0 Å². The molecule has 7 aromatic rings. The standard InChI is InChI=1S/C37H29.C12H11Si.2ClH.Zr/c1-2-10-29-24-35-30(27-21-19-26(20-22-27)25-11-4-3-5-12-25)15-8-17-33(35)37(29)34-18-9-16-32-31-14-7-6-13-28(31)23-36(32)34;1-3-7-11(8-4-1)13-12-9-5-2-6-10-12;;;/h3-9,11-17,19-22,24,37H,2,10,23H2,1H3;1-10,13H;2*1H;/q-1;;;;+3/p-2. The van der Waals surface area contributed by atoms with Crippen LogP contribution in [0.5, 0.6) is 0 Å². The molecule has 0 amide bonds. The Morgan fingerprint density at radius 3 is 1.79 bits per heavy atom. The van der Waals surface area contributed by atoms with Gasteiger partial charge in [0.1, 0.15) is 9.52 Å². The van der Waals surface area contributed by atoms with Gasteiger partial charge in [0.2, 0.25) is 0 Å². The largest absolute Gasteiger partial charge is 3.00 e. The molecule has 0 saturated heterocycles. The molecule has 0 nitrogen and oxygen atoms in total. The maximum Gasteiger partial charge on any atom is 3.00 e. The third kappa shape index (κ3) is 8.69. The number of hydrogen-bond acceptors (Lipinski definition) is 0. The third-order valence-electron chi connectivity index (χ3n) is 10.0. The van der Waals surface area contributed by atoms with Gasteiger partial charge in [-0.05, 0) is 57.3 Å². The maximum absolute atomic E-state index is 3.72. The van der Waals surface area contributed by atoms with Crippen molar-refractivity contribution in [3.05, 3.63) is 209 Å². The molecule has 2 aliphatic rings. The number of rotatable bonds is 7. The van der Waals surface area contributed by atoms with Gasteiger partial charge < -0.3 is 24.8 Å². The van der Waals surface area contributed by atoms with Gasteiger partial charge in [0, 0.05) is 5.92 Å². The van der Waals surface area contributed by atoms with Crippen molar-refractivity contribution in [1.29, 1.82) is 0 Å². The molecule has 0 bridgehead atoms. The number of benzene rings is 7. The molecule has 7 aromatic carbocycles. The van der Waals surface area contributed by atoms with E-state index in [-0.39, 0.29) is 66.5 Å². The predicted molar refractivity (Wildman–Crippen MR) is 215 cm³/mol. The molecule has 2 radical (unpaired) electrons. The van der Waals surface area contributed by atoms with Gasteiger partial charge in [-0.25, -0.2) is 0 Å². The van der Waals surface area contributed by atoms with Crippen LogP contribution in [-0.2, 0) is 32.6 Å². The Hall–Kier alpha value is -4.04. The molecule has 0 heterocycles. The van der Waals surface area contributed by atoms with E-state index in [0.29, 0.717) is 0 Å². The van der Waals surface area contributed by atoms with Gasteiger partial charge in [0.15, 0.2) is 0 Å². The van der Waals surface area contributed by atoms with Crippen LogP contribution in [0.15, 0.2) is 175 Å². The Morgan fingerprint density at radius 2 is 1.13 bits per heavy atom. The Morgan fingerprint density at radius 1 is 0.566 bits per heavy atom. The van der Waals surface area contributed by atoms with E-state index in [1.165, 1.54) is 77.1 Å². The molecule has 1 atom stereocenters. The van der Waals surface area contributed by atoms with Crippen LogP contribution < -0.4 is 35.2 Å². The van der Waals surface area contributed by atoms with Crippen LogP contribution in [0.1, 0.15) is 53.5 Å². The molecule has 1 unspecified atom stereocenters. The van der Waals surface area contributed by atoms with Crippen LogP contribution >= 0.6 is 0 Å². The molecule has 4 heteroatoms. The molecule has 0 saturated carbocycles.